The first kappa shape index (κ1) is 28.6. The number of benzene rings is 3. The Morgan fingerprint density at radius 1 is 1.02 bits per heavy atom. The molecule has 0 saturated heterocycles. The van der Waals surface area contributed by atoms with E-state index in [0.29, 0.717) is 41.2 Å². The number of carbonyl (C=O) groups excluding carboxylic acids is 2. The largest absolute Gasteiger partial charge is 0.353 e. The summed E-state index contributed by atoms with van der Waals surface area (Å²) in [4.78, 5) is 38.2. The predicted molar refractivity (Wildman–Crippen MR) is 154 cm³/mol. The monoisotopic (exact) mass is 575 g/mol. The zero-order valence-corrected chi connectivity index (χ0v) is 23.1. The van der Waals surface area contributed by atoms with Gasteiger partial charge in [-0.2, -0.15) is 4.98 Å². The molecule has 1 aliphatic heterocycles. The second-order valence-electron chi connectivity index (χ2n) is 9.98. The minimum Gasteiger partial charge on any atom is -0.353 e. The minimum absolute atomic E-state index is 0.0144. The van der Waals surface area contributed by atoms with E-state index in [9.17, 15) is 22.8 Å². The highest BCUT2D eigenvalue weighted by Gasteiger charge is 2.34. The van der Waals surface area contributed by atoms with Gasteiger partial charge in [-0.3, -0.25) is 4.79 Å². The molecule has 0 bridgehead atoms. The molecule has 5 rings (SSSR count). The van der Waals surface area contributed by atoms with E-state index in [1.165, 1.54) is 30.3 Å². The Balaban J connectivity index is 1.63. The van der Waals surface area contributed by atoms with Crippen LogP contribution in [0.15, 0.2) is 60.7 Å². The number of hydrogen-bond acceptors (Lipinski definition) is 6. The molecule has 1 aliphatic rings. The topological polar surface area (TPSA) is 102 Å². The zero-order valence-electron chi connectivity index (χ0n) is 23.1. The van der Waals surface area contributed by atoms with E-state index in [1.54, 1.807) is 18.2 Å². The fraction of sp³-hybridized carbons (Fsp3) is 0.200. The molecule has 0 fully saturated rings. The number of urea groups is 1. The number of nitrogens with zero attached hydrogens (tertiary/aromatic N) is 4. The maximum Gasteiger partial charge on any atom is 0.328 e. The van der Waals surface area contributed by atoms with Crippen LogP contribution in [0.25, 0.3) is 11.3 Å². The van der Waals surface area contributed by atoms with Crippen molar-refractivity contribution in [3.8, 4) is 11.3 Å². The maximum atomic E-state index is 14.9. The van der Waals surface area contributed by atoms with Gasteiger partial charge in [-0.1, -0.05) is 12.1 Å². The van der Waals surface area contributed by atoms with Gasteiger partial charge < -0.3 is 20.9 Å². The van der Waals surface area contributed by atoms with Gasteiger partial charge in [-0.15, -0.1) is 0 Å². The average Bonchev–Trinajstić information content (AvgIpc) is 2.95. The highest BCUT2D eigenvalue weighted by Crippen LogP contribution is 2.39. The van der Waals surface area contributed by atoms with Gasteiger partial charge in [0, 0.05) is 35.5 Å². The van der Waals surface area contributed by atoms with Crippen LogP contribution < -0.4 is 20.9 Å². The van der Waals surface area contributed by atoms with Gasteiger partial charge in [-0.25, -0.2) is 27.8 Å². The number of nitrogens with one attached hydrogen (secondary N) is 3. The zero-order chi connectivity index (χ0) is 30.0. The Bertz CT molecular complexity index is 1640. The molecule has 3 aromatic carbocycles. The molecule has 2 heterocycles. The Morgan fingerprint density at radius 2 is 1.74 bits per heavy atom. The van der Waals surface area contributed by atoms with Crippen molar-refractivity contribution in [2.75, 3.05) is 42.7 Å². The maximum absolute atomic E-state index is 14.9. The van der Waals surface area contributed by atoms with E-state index < -0.39 is 35.1 Å². The first-order valence-corrected chi connectivity index (χ1v) is 13.1. The molecule has 0 aliphatic carbocycles. The predicted octanol–water partition coefficient (Wildman–Crippen LogP) is 5.46. The summed E-state index contributed by atoms with van der Waals surface area (Å²) < 4.78 is 43.2. The fourth-order valence-electron chi connectivity index (χ4n) is 4.52. The SMILES string of the molecule is Cc1ccc(C(=O)Nc2ccc(F)cc2)cc1-c1nc(NCCN(C)C)nc2c1CNC(=O)N2c1c(F)cccc1F. The Hall–Kier alpha value is -4.97. The van der Waals surface area contributed by atoms with Crippen molar-refractivity contribution in [2.24, 2.45) is 0 Å². The van der Waals surface area contributed by atoms with Crippen molar-refractivity contribution < 1.29 is 22.8 Å². The van der Waals surface area contributed by atoms with Crippen molar-refractivity contribution >= 4 is 35.1 Å². The van der Waals surface area contributed by atoms with Gasteiger partial charge in [0.25, 0.3) is 5.91 Å². The molecule has 4 aromatic rings. The van der Waals surface area contributed by atoms with Crippen LogP contribution in [0.4, 0.5) is 41.1 Å². The number of anilines is 4. The number of hydrogen-bond donors (Lipinski definition) is 3. The van der Waals surface area contributed by atoms with Crippen molar-refractivity contribution in [1.82, 2.24) is 20.2 Å². The number of halogens is 3. The number of likely N-dealkylation sites (N-methyl/N-ethyl adjacent to an activating group) is 1. The minimum atomic E-state index is -0.934. The number of fused-ring (bicyclic) bond motifs is 1. The summed E-state index contributed by atoms with van der Waals surface area (Å²) in [5.74, 6) is -2.57. The molecule has 216 valence electrons. The molecule has 3 N–H and O–H groups in total. The Morgan fingerprint density at radius 3 is 2.43 bits per heavy atom. The van der Waals surface area contributed by atoms with E-state index in [0.717, 1.165) is 22.6 Å². The average molecular weight is 576 g/mol. The number of aromatic nitrogens is 2. The number of amides is 3. The second-order valence-corrected chi connectivity index (χ2v) is 9.98. The van der Waals surface area contributed by atoms with E-state index in [2.05, 4.69) is 20.9 Å². The van der Waals surface area contributed by atoms with Gasteiger partial charge in [0.2, 0.25) is 5.95 Å². The second kappa shape index (κ2) is 11.9. The van der Waals surface area contributed by atoms with Gasteiger partial charge in [0.1, 0.15) is 23.1 Å². The van der Waals surface area contributed by atoms with Crippen LogP contribution in [0, 0.1) is 24.4 Å². The van der Waals surface area contributed by atoms with Gasteiger partial charge >= 0.3 is 6.03 Å². The molecule has 3 amide bonds. The third-order valence-electron chi connectivity index (χ3n) is 6.68. The van der Waals surface area contributed by atoms with Crippen molar-refractivity contribution in [3.63, 3.8) is 0 Å². The highest BCUT2D eigenvalue weighted by atomic mass is 19.1. The van der Waals surface area contributed by atoms with Gasteiger partial charge in [-0.05, 0) is 75.1 Å². The van der Waals surface area contributed by atoms with Crippen LogP contribution in [0.3, 0.4) is 0 Å². The van der Waals surface area contributed by atoms with Crippen molar-refractivity contribution in [3.05, 3.63) is 94.8 Å². The molecule has 9 nitrogen and oxygen atoms in total. The van der Waals surface area contributed by atoms with Crippen LogP contribution in [0.2, 0.25) is 0 Å². The van der Waals surface area contributed by atoms with Crippen LogP contribution in [0.1, 0.15) is 21.5 Å². The number of aryl methyl sites for hydroxylation is 1. The first-order chi connectivity index (χ1) is 20.1. The summed E-state index contributed by atoms with van der Waals surface area (Å²) in [5.41, 5.74) is 2.25. The van der Waals surface area contributed by atoms with Gasteiger partial charge in [0.15, 0.2) is 5.82 Å². The fourth-order valence-corrected chi connectivity index (χ4v) is 4.52. The van der Waals surface area contributed by atoms with Gasteiger partial charge in [0.05, 0.1) is 12.2 Å². The lowest BCUT2D eigenvalue weighted by atomic mass is 9.97. The van der Waals surface area contributed by atoms with Crippen molar-refractivity contribution in [1.29, 1.82) is 0 Å². The van der Waals surface area contributed by atoms with Crippen LogP contribution in [-0.2, 0) is 6.54 Å². The lowest BCUT2D eigenvalue weighted by Gasteiger charge is -2.31. The molecule has 0 spiro atoms. The third-order valence-corrected chi connectivity index (χ3v) is 6.68. The van der Waals surface area contributed by atoms with E-state index >= 15 is 0 Å². The summed E-state index contributed by atoms with van der Waals surface area (Å²) in [5, 5.41) is 8.53. The summed E-state index contributed by atoms with van der Waals surface area (Å²) in [6, 6.07) is 13.0. The number of carbonyl (C=O) groups is 2. The number of rotatable bonds is 8. The van der Waals surface area contributed by atoms with Crippen LogP contribution >= 0.6 is 0 Å². The lowest BCUT2D eigenvalue weighted by Crippen LogP contribution is -2.43. The highest BCUT2D eigenvalue weighted by molar-refractivity contribution is 6.05. The molecule has 1 aromatic heterocycles. The molecule has 0 unspecified atom stereocenters. The number of para-hydroxylation sites is 1. The van der Waals surface area contributed by atoms with Crippen molar-refractivity contribution in [2.45, 2.75) is 13.5 Å². The quantitative estimate of drug-likeness (QED) is 0.258. The summed E-state index contributed by atoms with van der Waals surface area (Å²) >= 11 is 0. The standard InChI is InChI=1S/C30H28F3N7O2/c1-17-7-8-18(28(41)36-20-11-9-19(31)10-12-20)15-21(17)25-22-16-35-30(42)40(26-23(32)5-4-6-24(26)33)27(22)38-29(37-25)34-13-14-39(2)3/h4-12,15H,13-14,16H2,1-3H3,(H,35,42)(H,36,41)(H,34,37,38). The smallest absolute Gasteiger partial charge is 0.328 e. The van der Waals surface area contributed by atoms with Crippen LogP contribution in [0.5, 0.6) is 0 Å². The molecular formula is C30H28F3N7O2. The van der Waals surface area contributed by atoms with E-state index in [1.807, 2.05) is 25.9 Å². The lowest BCUT2D eigenvalue weighted by molar-refractivity contribution is 0.102. The van der Waals surface area contributed by atoms with E-state index in [4.69, 9.17) is 4.98 Å². The summed E-state index contributed by atoms with van der Waals surface area (Å²) in [7, 11) is 3.80. The summed E-state index contributed by atoms with van der Waals surface area (Å²) in [6.45, 7) is 2.91. The van der Waals surface area contributed by atoms with Crippen LogP contribution in [-0.4, -0.2) is 54.0 Å². The molecule has 0 atom stereocenters. The molecule has 0 saturated carbocycles. The Kier molecular flexibility index (Phi) is 8.07. The normalized spacial score (nSPS) is 12.6. The molecule has 12 heteroatoms. The Labute approximate surface area is 240 Å². The summed E-state index contributed by atoms with van der Waals surface area (Å²) in [6.07, 6.45) is 0. The first-order valence-electron chi connectivity index (χ1n) is 13.1. The molecule has 0 radical (unpaired) electrons. The van der Waals surface area contributed by atoms with E-state index in [-0.39, 0.29) is 18.3 Å². The molecular weight excluding hydrogens is 547 g/mol. The molecule has 42 heavy (non-hydrogen) atoms. The third kappa shape index (κ3) is 5.88.